The standard InChI is InChI=1S/C16H24N6O3S/c1-4-10-18-26(24,25)14-8-6-13(7-9-14)20-16(23)19-12(3)15-21-17-11-22(15)5-2/h6-9,11-12,18H,4-5,10H2,1-3H3,(H2,19,20,23). The fourth-order valence-electron chi connectivity index (χ4n) is 2.31. The maximum absolute atomic E-state index is 12.1. The summed E-state index contributed by atoms with van der Waals surface area (Å²) in [6, 6.07) is 5.24. The van der Waals surface area contributed by atoms with E-state index in [0.29, 0.717) is 31.0 Å². The lowest BCUT2D eigenvalue weighted by molar-refractivity contribution is 0.248. The average Bonchev–Trinajstić information content (AvgIpc) is 3.09. The van der Waals surface area contributed by atoms with Gasteiger partial charge in [0.1, 0.15) is 6.33 Å². The Morgan fingerprint density at radius 3 is 2.54 bits per heavy atom. The van der Waals surface area contributed by atoms with Crippen LogP contribution in [0.25, 0.3) is 0 Å². The monoisotopic (exact) mass is 380 g/mol. The highest BCUT2D eigenvalue weighted by Crippen LogP contribution is 2.15. The second-order valence-corrected chi connectivity index (χ2v) is 7.48. The summed E-state index contributed by atoms with van der Waals surface area (Å²) in [6.45, 7) is 6.75. The zero-order valence-electron chi connectivity index (χ0n) is 15.1. The number of aromatic nitrogens is 3. The lowest BCUT2D eigenvalue weighted by Crippen LogP contribution is -2.32. The van der Waals surface area contributed by atoms with Crippen LogP contribution in [0.2, 0.25) is 0 Å². The van der Waals surface area contributed by atoms with Gasteiger partial charge in [-0.25, -0.2) is 17.9 Å². The number of amides is 2. The largest absolute Gasteiger partial charge is 0.328 e. The summed E-state index contributed by atoms with van der Waals surface area (Å²) >= 11 is 0. The second-order valence-electron chi connectivity index (χ2n) is 5.72. The van der Waals surface area contributed by atoms with E-state index in [1.54, 1.807) is 18.5 Å². The highest BCUT2D eigenvalue weighted by Gasteiger charge is 2.16. The van der Waals surface area contributed by atoms with Crippen molar-refractivity contribution in [2.45, 2.75) is 44.7 Å². The predicted molar refractivity (Wildman–Crippen MR) is 98.2 cm³/mol. The van der Waals surface area contributed by atoms with Crippen LogP contribution in [-0.4, -0.2) is 35.8 Å². The Hall–Kier alpha value is -2.46. The fraction of sp³-hybridized carbons (Fsp3) is 0.438. The molecule has 0 spiro atoms. The van der Waals surface area contributed by atoms with Gasteiger partial charge < -0.3 is 15.2 Å². The topological polar surface area (TPSA) is 118 Å². The smallest absolute Gasteiger partial charge is 0.319 e. The van der Waals surface area contributed by atoms with Crippen LogP contribution in [0, 0.1) is 0 Å². The molecule has 3 N–H and O–H groups in total. The van der Waals surface area contributed by atoms with Crippen LogP contribution in [0.5, 0.6) is 0 Å². The number of sulfonamides is 1. The number of aryl methyl sites for hydroxylation is 1. The lowest BCUT2D eigenvalue weighted by atomic mass is 10.3. The van der Waals surface area contributed by atoms with Crippen molar-refractivity contribution in [1.82, 2.24) is 24.8 Å². The maximum atomic E-state index is 12.1. The molecule has 0 fully saturated rings. The van der Waals surface area contributed by atoms with Crippen LogP contribution in [0.15, 0.2) is 35.5 Å². The van der Waals surface area contributed by atoms with Crippen LogP contribution >= 0.6 is 0 Å². The van der Waals surface area contributed by atoms with Crippen molar-refractivity contribution < 1.29 is 13.2 Å². The van der Waals surface area contributed by atoms with Crippen molar-refractivity contribution in [2.75, 3.05) is 11.9 Å². The van der Waals surface area contributed by atoms with Crippen LogP contribution in [0.4, 0.5) is 10.5 Å². The summed E-state index contributed by atoms with van der Waals surface area (Å²) in [5.41, 5.74) is 0.487. The quantitative estimate of drug-likeness (QED) is 0.646. The SMILES string of the molecule is CCCNS(=O)(=O)c1ccc(NC(=O)NC(C)c2nncn2CC)cc1. The van der Waals surface area contributed by atoms with Gasteiger partial charge in [-0.2, -0.15) is 0 Å². The van der Waals surface area contributed by atoms with E-state index >= 15 is 0 Å². The molecule has 26 heavy (non-hydrogen) atoms. The number of urea groups is 1. The van der Waals surface area contributed by atoms with Crippen molar-refractivity contribution in [3.8, 4) is 0 Å². The van der Waals surface area contributed by atoms with E-state index in [1.807, 2.05) is 25.3 Å². The second kappa shape index (κ2) is 8.77. The summed E-state index contributed by atoms with van der Waals surface area (Å²) in [5, 5.41) is 13.3. The first-order valence-electron chi connectivity index (χ1n) is 8.42. The molecule has 1 unspecified atom stereocenters. The van der Waals surface area contributed by atoms with Crippen molar-refractivity contribution in [3.05, 3.63) is 36.4 Å². The number of nitrogens with one attached hydrogen (secondary N) is 3. The molecule has 0 radical (unpaired) electrons. The van der Waals surface area contributed by atoms with Crippen LogP contribution in [0.1, 0.15) is 39.1 Å². The molecule has 0 saturated heterocycles. The van der Waals surface area contributed by atoms with Gasteiger partial charge in [-0.3, -0.25) is 0 Å². The molecule has 9 nitrogen and oxygen atoms in total. The number of carbonyl (C=O) groups is 1. The summed E-state index contributed by atoms with van der Waals surface area (Å²) < 4.78 is 28.4. The van der Waals surface area contributed by atoms with E-state index in [-0.39, 0.29) is 10.9 Å². The fourth-order valence-corrected chi connectivity index (χ4v) is 3.44. The molecule has 2 amide bonds. The molecule has 1 aromatic heterocycles. The van der Waals surface area contributed by atoms with E-state index in [0.717, 1.165) is 0 Å². The molecule has 0 aliphatic carbocycles. The molecule has 2 rings (SSSR count). The summed E-state index contributed by atoms with van der Waals surface area (Å²) in [6.07, 6.45) is 2.32. The van der Waals surface area contributed by atoms with E-state index in [2.05, 4.69) is 25.6 Å². The minimum atomic E-state index is -3.52. The van der Waals surface area contributed by atoms with E-state index in [1.165, 1.54) is 12.1 Å². The van der Waals surface area contributed by atoms with Gasteiger partial charge in [0.05, 0.1) is 10.9 Å². The van der Waals surface area contributed by atoms with Crippen molar-refractivity contribution in [3.63, 3.8) is 0 Å². The minimum Gasteiger partial charge on any atom is -0.328 e. The molecule has 10 heteroatoms. The lowest BCUT2D eigenvalue weighted by Gasteiger charge is -2.15. The molecule has 0 aliphatic heterocycles. The van der Waals surface area contributed by atoms with Crippen LogP contribution in [0.3, 0.4) is 0 Å². The first-order valence-corrected chi connectivity index (χ1v) is 9.90. The Balaban J connectivity index is 1.97. The maximum Gasteiger partial charge on any atom is 0.319 e. The normalized spacial score (nSPS) is 12.6. The summed E-state index contributed by atoms with van der Waals surface area (Å²) in [5.74, 6) is 0.658. The molecule has 1 heterocycles. The summed E-state index contributed by atoms with van der Waals surface area (Å²) in [7, 11) is -3.52. The van der Waals surface area contributed by atoms with E-state index in [9.17, 15) is 13.2 Å². The van der Waals surface area contributed by atoms with Gasteiger partial charge in [-0.15, -0.1) is 10.2 Å². The Morgan fingerprint density at radius 2 is 1.92 bits per heavy atom. The number of hydrogen-bond donors (Lipinski definition) is 3. The van der Waals surface area contributed by atoms with Crippen molar-refractivity contribution in [2.24, 2.45) is 0 Å². The molecule has 0 saturated carbocycles. The zero-order chi connectivity index (χ0) is 19.2. The molecule has 1 atom stereocenters. The van der Waals surface area contributed by atoms with Gasteiger partial charge in [-0.05, 0) is 44.5 Å². The molecule has 1 aromatic carbocycles. The minimum absolute atomic E-state index is 0.154. The van der Waals surface area contributed by atoms with Crippen LogP contribution < -0.4 is 15.4 Å². The first-order chi connectivity index (χ1) is 12.4. The molecule has 142 valence electrons. The molecule has 0 aliphatic rings. The van der Waals surface area contributed by atoms with Gasteiger partial charge in [-0.1, -0.05) is 6.92 Å². The molecule has 0 bridgehead atoms. The Morgan fingerprint density at radius 1 is 1.23 bits per heavy atom. The Labute approximate surface area is 153 Å². The van der Waals surface area contributed by atoms with E-state index < -0.39 is 16.1 Å². The van der Waals surface area contributed by atoms with Gasteiger partial charge in [0.25, 0.3) is 0 Å². The summed E-state index contributed by atoms with van der Waals surface area (Å²) in [4.78, 5) is 12.3. The number of benzene rings is 1. The van der Waals surface area contributed by atoms with Gasteiger partial charge in [0.15, 0.2) is 5.82 Å². The van der Waals surface area contributed by atoms with Crippen LogP contribution in [-0.2, 0) is 16.6 Å². The number of carbonyl (C=O) groups excluding carboxylic acids is 1. The van der Waals surface area contributed by atoms with Gasteiger partial charge in [0.2, 0.25) is 10.0 Å². The number of nitrogens with zero attached hydrogens (tertiary/aromatic N) is 3. The first kappa shape index (κ1) is 19.9. The Kier molecular flexibility index (Phi) is 6.70. The number of hydrogen-bond acceptors (Lipinski definition) is 5. The highest BCUT2D eigenvalue weighted by atomic mass is 32.2. The molecular formula is C16H24N6O3S. The van der Waals surface area contributed by atoms with E-state index in [4.69, 9.17) is 0 Å². The average molecular weight is 380 g/mol. The third kappa shape index (κ3) is 5.02. The third-order valence-corrected chi connectivity index (χ3v) is 5.16. The predicted octanol–water partition coefficient (Wildman–Crippen LogP) is 1.87. The molecular weight excluding hydrogens is 356 g/mol. The van der Waals surface area contributed by atoms with Gasteiger partial charge >= 0.3 is 6.03 Å². The third-order valence-electron chi connectivity index (χ3n) is 3.69. The number of rotatable bonds is 8. The Bertz CT molecular complexity index is 832. The van der Waals surface area contributed by atoms with Crippen molar-refractivity contribution >= 4 is 21.7 Å². The van der Waals surface area contributed by atoms with Gasteiger partial charge in [0, 0.05) is 18.8 Å². The zero-order valence-corrected chi connectivity index (χ0v) is 15.9. The van der Waals surface area contributed by atoms with Crippen molar-refractivity contribution in [1.29, 1.82) is 0 Å². The number of anilines is 1. The molecule has 2 aromatic rings. The highest BCUT2D eigenvalue weighted by molar-refractivity contribution is 7.89.